The largest absolute Gasteiger partial charge is 0.469 e. The number of esters is 1. The van der Waals surface area contributed by atoms with Gasteiger partial charge in [-0.1, -0.05) is 0 Å². The van der Waals surface area contributed by atoms with Crippen LogP contribution < -0.4 is 0 Å². The minimum absolute atomic E-state index is 0.0204. The zero-order chi connectivity index (χ0) is 9.61. The van der Waals surface area contributed by atoms with Crippen LogP contribution in [0.5, 0.6) is 0 Å². The number of carbonyl (C=O) groups excluding carboxylic acids is 1. The summed E-state index contributed by atoms with van der Waals surface area (Å²) in [7, 11) is 1.29. The molecule has 0 saturated carbocycles. The van der Waals surface area contributed by atoms with E-state index in [0.717, 1.165) is 0 Å². The molecule has 2 N–H and O–H groups in total. The van der Waals surface area contributed by atoms with Crippen molar-refractivity contribution in [1.82, 2.24) is 0 Å². The van der Waals surface area contributed by atoms with Crippen molar-refractivity contribution < 1.29 is 19.7 Å². The fourth-order valence-corrected chi connectivity index (χ4v) is 0.961. The second-order valence-electron chi connectivity index (χ2n) is 3.04. The molecule has 0 amide bonds. The summed E-state index contributed by atoms with van der Waals surface area (Å²) in [5.74, 6) is -0.432. The van der Waals surface area contributed by atoms with Crippen molar-refractivity contribution in [3.8, 4) is 0 Å². The molecule has 0 aliphatic carbocycles. The van der Waals surface area contributed by atoms with Gasteiger partial charge in [-0.05, 0) is 19.8 Å². The SMILES string of the molecule is COC(=O)C(C)(CO)CCCO. The third kappa shape index (κ3) is 2.79. The summed E-state index contributed by atoms with van der Waals surface area (Å²) in [5, 5.41) is 17.5. The van der Waals surface area contributed by atoms with Gasteiger partial charge in [0.1, 0.15) is 0 Å². The lowest BCUT2D eigenvalue weighted by atomic mass is 9.86. The van der Waals surface area contributed by atoms with Crippen LogP contribution >= 0.6 is 0 Å². The van der Waals surface area contributed by atoms with Crippen LogP contribution in [0.2, 0.25) is 0 Å². The van der Waals surface area contributed by atoms with E-state index in [2.05, 4.69) is 4.74 Å². The molecule has 0 aromatic carbocycles. The van der Waals surface area contributed by atoms with E-state index in [1.54, 1.807) is 6.92 Å². The molecule has 4 nitrogen and oxygen atoms in total. The van der Waals surface area contributed by atoms with Crippen LogP contribution in [0.1, 0.15) is 19.8 Å². The van der Waals surface area contributed by atoms with Crippen molar-refractivity contribution in [3.05, 3.63) is 0 Å². The summed E-state index contributed by atoms with van der Waals surface area (Å²) >= 11 is 0. The molecule has 12 heavy (non-hydrogen) atoms. The number of aliphatic hydroxyl groups is 2. The summed E-state index contributed by atoms with van der Waals surface area (Å²) in [6, 6.07) is 0. The van der Waals surface area contributed by atoms with Crippen LogP contribution in [0.25, 0.3) is 0 Å². The van der Waals surface area contributed by atoms with Gasteiger partial charge in [0.25, 0.3) is 0 Å². The van der Waals surface area contributed by atoms with Crippen LogP contribution in [0.15, 0.2) is 0 Å². The fourth-order valence-electron chi connectivity index (χ4n) is 0.961. The second kappa shape index (κ2) is 5.11. The molecule has 72 valence electrons. The molecular formula is C8H16O4. The summed E-state index contributed by atoms with van der Waals surface area (Å²) in [6.45, 7) is 1.39. The van der Waals surface area contributed by atoms with Crippen LogP contribution in [-0.4, -0.2) is 36.5 Å². The molecule has 0 bridgehead atoms. The van der Waals surface area contributed by atoms with Gasteiger partial charge in [-0.15, -0.1) is 0 Å². The zero-order valence-electron chi connectivity index (χ0n) is 7.54. The molecule has 1 atom stereocenters. The maximum Gasteiger partial charge on any atom is 0.313 e. The number of hydrogen-bond donors (Lipinski definition) is 2. The van der Waals surface area contributed by atoms with E-state index in [1.807, 2.05) is 0 Å². The lowest BCUT2D eigenvalue weighted by Crippen LogP contribution is -2.33. The normalized spacial score (nSPS) is 15.3. The van der Waals surface area contributed by atoms with Crippen molar-refractivity contribution in [2.24, 2.45) is 5.41 Å². The molecule has 0 aromatic rings. The van der Waals surface area contributed by atoms with Gasteiger partial charge < -0.3 is 14.9 Å². The van der Waals surface area contributed by atoms with Gasteiger partial charge >= 0.3 is 5.97 Å². The van der Waals surface area contributed by atoms with Gasteiger partial charge in [0.05, 0.1) is 19.1 Å². The maximum atomic E-state index is 11.1. The molecule has 0 heterocycles. The Morgan fingerprint density at radius 3 is 2.42 bits per heavy atom. The smallest absolute Gasteiger partial charge is 0.313 e. The molecule has 0 aliphatic heterocycles. The van der Waals surface area contributed by atoms with E-state index in [-0.39, 0.29) is 13.2 Å². The standard InChI is InChI=1S/C8H16O4/c1-8(6-10,4-3-5-9)7(11)12-2/h9-10H,3-6H2,1-2H3. The first-order valence-electron chi connectivity index (χ1n) is 3.91. The first-order valence-corrected chi connectivity index (χ1v) is 3.91. The van der Waals surface area contributed by atoms with Crippen LogP contribution in [0.4, 0.5) is 0 Å². The molecular weight excluding hydrogens is 160 g/mol. The average Bonchev–Trinajstić information content (AvgIpc) is 2.12. The first-order chi connectivity index (χ1) is 5.60. The van der Waals surface area contributed by atoms with Crippen molar-refractivity contribution in [1.29, 1.82) is 0 Å². The van der Waals surface area contributed by atoms with Crippen molar-refractivity contribution in [2.45, 2.75) is 19.8 Å². The highest BCUT2D eigenvalue weighted by Gasteiger charge is 2.32. The zero-order valence-corrected chi connectivity index (χ0v) is 7.54. The number of aliphatic hydroxyl groups excluding tert-OH is 2. The summed E-state index contributed by atoms with van der Waals surface area (Å²) in [6.07, 6.45) is 0.929. The van der Waals surface area contributed by atoms with Gasteiger partial charge in [0, 0.05) is 6.61 Å². The Labute approximate surface area is 72.2 Å². The van der Waals surface area contributed by atoms with Crippen molar-refractivity contribution >= 4 is 5.97 Å². The van der Waals surface area contributed by atoms with E-state index in [4.69, 9.17) is 10.2 Å². The molecule has 0 aromatic heterocycles. The monoisotopic (exact) mass is 176 g/mol. The Hall–Kier alpha value is -0.610. The summed E-state index contributed by atoms with van der Waals surface area (Å²) in [4.78, 5) is 11.1. The number of carbonyl (C=O) groups is 1. The van der Waals surface area contributed by atoms with E-state index in [1.165, 1.54) is 7.11 Å². The summed E-state index contributed by atoms with van der Waals surface area (Å²) in [5.41, 5.74) is -0.864. The molecule has 1 unspecified atom stereocenters. The van der Waals surface area contributed by atoms with Crippen molar-refractivity contribution in [2.75, 3.05) is 20.3 Å². The van der Waals surface area contributed by atoms with Crippen LogP contribution in [-0.2, 0) is 9.53 Å². The van der Waals surface area contributed by atoms with E-state index in [0.29, 0.717) is 12.8 Å². The Bertz CT molecular complexity index is 146. The number of methoxy groups -OCH3 is 1. The molecule has 0 spiro atoms. The molecule has 0 rings (SSSR count). The highest BCUT2D eigenvalue weighted by atomic mass is 16.5. The van der Waals surface area contributed by atoms with Gasteiger partial charge in [0.2, 0.25) is 0 Å². The van der Waals surface area contributed by atoms with Gasteiger partial charge in [-0.2, -0.15) is 0 Å². The van der Waals surface area contributed by atoms with Crippen LogP contribution in [0, 0.1) is 5.41 Å². The lowest BCUT2D eigenvalue weighted by Gasteiger charge is -2.23. The van der Waals surface area contributed by atoms with Gasteiger partial charge in [0.15, 0.2) is 0 Å². The Kier molecular flexibility index (Phi) is 4.85. The van der Waals surface area contributed by atoms with E-state index in [9.17, 15) is 4.79 Å². The average molecular weight is 176 g/mol. The third-order valence-corrected chi connectivity index (χ3v) is 1.91. The molecule has 0 radical (unpaired) electrons. The highest BCUT2D eigenvalue weighted by Crippen LogP contribution is 2.23. The molecule has 0 aliphatic rings. The van der Waals surface area contributed by atoms with Gasteiger partial charge in [-0.25, -0.2) is 0 Å². The Morgan fingerprint density at radius 2 is 2.08 bits per heavy atom. The Morgan fingerprint density at radius 1 is 1.50 bits per heavy atom. The van der Waals surface area contributed by atoms with Crippen molar-refractivity contribution in [3.63, 3.8) is 0 Å². The van der Waals surface area contributed by atoms with E-state index >= 15 is 0 Å². The maximum absolute atomic E-state index is 11.1. The van der Waals surface area contributed by atoms with E-state index < -0.39 is 11.4 Å². The lowest BCUT2D eigenvalue weighted by molar-refractivity contribution is -0.154. The number of ether oxygens (including phenoxy) is 1. The molecule has 0 saturated heterocycles. The third-order valence-electron chi connectivity index (χ3n) is 1.91. The Balaban J connectivity index is 4.13. The first kappa shape index (κ1) is 11.4. The van der Waals surface area contributed by atoms with Crippen LogP contribution in [0.3, 0.4) is 0 Å². The summed E-state index contributed by atoms with van der Waals surface area (Å²) < 4.78 is 4.52. The van der Waals surface area contributed by atoms with Gasteiger partial charge in [-0.3, -0.25) is 4.79 Å². The second-order valence-corrected chi connectivity index (χ2v) is 3.04. The highest BCUT2D eigenvalue weighted by molar-refractivity contribution is 5.76. The number of hydrogen-bond acceptors (Lipinski definition) is 4. The predicted molar refractivity (Wildman–Crippen MR) is 43.5 cm³/mol. The number of rotatable bonds is 5. The molecule has 0 fully saturated rings. The minimum Gasteiger partial charge on any atom is -0.469 e. The fraction of sp³-hybridized carbons (Fsp3) is 0.875. The predicted octanol–water partition coefficient (Wildman–Crippen LogP) is -0.0695. The molecule has 4 heteroatoms. The quantitative estimate of drug-likeness (QED) is 0.575. The minimum atomic E-state index is -0.864. The topological polar surface area (TPSA) is 66.8 Å².